The molecular weight excluding hydrogens is 321 g/mol. The molecule has 0 aliphatic heterocycles. The summed E-state index contributed by atoms with van der Waals surface area (Å²) < 4.78 is 0. The van der Waals surface area contributed by atoms with Crippen LogP contribution in [0.25, 0.3) is 0 Å². The lowest BCUT2D eigenvalue weighted by Crippen LogP contribution is -2.03. The Morgan fingerprint density at radius 3 is 2.23 bits per heavy atom. The first-order chi connectivity index (χ1) is 10.4. The molecule has 0 aliphatic rings. The van der Waals surface area contributed by atoms with E-state index in [1.54, 1.807) is 0 Å². The summed E-state index contributed by atoms with van der Waals surface area (Å²) in [5.41, 5.74) is 5.20. The van der Waals surface area contributed by atoms with E-state index in [4.69, 9.17) is 28.3 Å². The molecule has 0 atom stereocenters. The quantitative estimate of drug-likeness (QED) is 0.787. The fourth-order valence-electron chi connectivity index (χ4n) is 1.74. The van der Waals surface area contributed by atoms with E-state index in [-0.39, 0.29) is 0 Å². The molecule has 2 N–H and O–H groups in total. The van der Waals surface area contributed by atoms with Crippen molar-refractivity contribution in [3.63, 3.8) is 0 Å². The van der Waals surface area contributed by atoms with Crippen LogP contribution in [0.4, 0.5) is 5.69 Å². The molecule has 5 heteroatoms. The Bertz CT molecular complexity index is 601. The Morgan fingerprint density at radius 2 is 1.68 bits per heavy atom. The lowest BCUT2D eigenvalue weighted by molar-refractivity contribution is -0.135. The van der Waals surface area contributed by atoms with Crippen LogP contribution in [0.1, 0.15) is 16.7 Å². The maximum atomic E-state index is 9.44. The average molecular weight is 340 g/mol. The van der Waals surface area contributed by atoms with Crippen molar-refractivity contribution in [3.05, 3.63) is 65.2 Å². The highest BCUT2D eigenvalue weighted by Gasteiger charge is 2.05. The van der Waals surface area contributed by atoms with Gasteiger partial charge in [0, 0.05) is 12.2 Å². The van der Waals surface area contributed by atoms with E-state index in [9.17, 15) is 4.79 Å². The number of aryl methyl sites for hydroxylation is 1. The van der Waals surface area contributed by atoms with Crippen molar-refractivity contribution in [2.45, 2.75) is 25.2 Å². The van der Waals surface area contributed by atoms with Crippen molar-refractivity contribution in [1.82, 2.24) is 0 Å². The Hall–Kier alpha value is -1.71. The van der Waals surface area contributed by atoms with Crippen molar-refractivity contribution in [2.24, 2.45) is 0 Å². The number of anilines is 1. The Morgan fingerprint density at radius 1 is 1.09 bits per heavy atom. The van der Waals surface area contributed by atoms with E-state index in [0.29, 0.717) is 0 Å². The van der Waals surface area contributed by atoms with Crippen LogP contribution in [0.5, 0.6) is 0 Å². The van der Waals surface area contributed by atoms with Crippen molar-refractivity contribution >= 4 is 34.9 Å². The summed E-state index contributed by atoms with van der Waals surface area (Å²) in [6.45, 7) is 5.18. The van der Waals surface area contributed by atoms with Gasteiger partial charge in [-0.15, -0.1) is 0 Å². The van der Waals surface area contributed by atoms with Crippen LogP contribution in [0, 0.1) is 13.8 Å². The minimum atomic E-state index is -1.29. The minimum Gasteiger partial charge on any atom is -0.479 e. The van der Waals surface area contributed by atoms with Crippen LogP contribution < -0.4 is 5.32 Å². The molecular formula is C17H19Cl2NO2. The Labute approximate surface area is 140 Å². The third-order valence-electron chi connectivity index (χ3n) is 3.12. The third kappa shape index (κ3) is 6.37. The van der Waals surface area contributed by atoms with E-state index in [1.165, 1.54) is 22.4 Å². The first-order valence-electron chi connectivity index (χ1n) is 6.76. The molecule has 0 saturated carbocycles. The van der Waals surface area contributed by atoms with Crippen molar-refractivity contribution in [2.75, 3.05) is 5.32 Å². The second kappa shape index (κ2) is 9.34. The molecule has 0 unspecified atom stereocenters. The SMILES string of the molecule is Cc1cccc(NCc2ccccc2)c1C.O=C(O)C(Cl)Cl. The standard InChI is InChI=1S/C15H17N.C2H2Cl2O2/c1-12-7-6-10-15(13(12)2)16-11-14-8-4-3-5-9-14;3-1(4)2(5)6/h3-10,16H,11H2,1-2H3;1H,(H,5,6). The smallest absolute Gasteiger partial charge is 0.337 e. The molecule has 0 fully saturated rings. The second-order valence-corrected chi connectivity index (χ2v) is 5.82. The van der Waals surface area contributed by atoms with Gasteiger partial charge >= 0.3 is 5.97 Å². The number of carboxylic acids is 1. The molecule has 118 valence electrons. The number of hydrogen-bond donors (Lipinski definition) is 2. The van der Waals surface area contributed by atoms with E-state index >= 15 is 0 Å². The van der Waals surface area contributed by atoms with Crippen molar-refractivity contribution in [1.29, 1.82) is 0 Å². The summed E-state index contributed by atoms with van der Waals surface area (Å²) in [4.78, 5) is 8.15. The molecule has 0 radical (unpaired) electrons. The molecule has 0 aliphatic carbocycles. The molecule has 0 heterocycles. The molecule has 0 saturated heterocycles. The monoisotopic (exact) mass is 339 g/mol. The summed E-state index contributed by atoms with van der Waals surface area (Å²) in [5, 5.41) is 11.2. The number of carboxylic acid groups (broad SMARTS) is 1. The van der Waals surface area contributed by atoms with Crippen LogP contribution in [0.15, 0.2) is 48.5 Å². The first-order valence-corrected chi connectivity index (χ1v) is 7.64. The van der Waals surface area contributed by atoms with E-state index in [0.717, 1.165) is 6.54 Å². The van der Waals surface area contributed by atoms with Crippen LogP contribution >= 0.6 is 23.2 Å². The number of benzene rings is 2. The van der Waals surface area contributed by atoms with Crippen molar-refractivity contribution in [3.8, 4) is 0 Å². The predicted octanol–water partition coefficient (Wildman–Crippen LogP) is 4.79. The predicted molar refractivity (Wildman–Crippen MR) is 92.8 cm³/mol. The van der Waals surface area contributed by atoms with E-state index in [1.807, 2.05) is 6.07 Å². The number of alkyl halides is 2. The zero-order chi connectivity index (χ0) is 16.5. The van der Waals surface area contributed by atoms with Gasteiger partial charge < -0.3 is 10.4 Å². The second-order valence-electron chi connectivity index (χ2n) is 4.73. The largest absolute Gasteiger partial charge is 0.479 e. The lowest BCUT2D eigenvalue weighted by atomic mass is 10.1. The van der Waals surface area contributed by atoms with Gasteiger partial charge in [-0.3, -0.25) is 0 Å². The molecule has 2 aromatic carbocycles. The number of nitrogens with one attached hydrogen (secondary N) is 1. The molecule has 2 aromatic rings. The molecule has 0 aromatic heterocycles. The van der Waals surface area contributed by atoms with E-state index < -0.39 is 10.8 Å². The molecule has 0 bridgehead atoms. The van der Waals surface area contributed by atoms with Gasteiger partial charge in [0.25, 0.3) is 0 Å². The lowest BCUT2D eigenvalue weighted by Gasteiger charge is -2.11. The average Bonchev–Trinajstić information content (AvgIpc) is 2.50. The Balaban J connectivity index is 0.000000346. The van der Waals surface area contributed by atoms with Crippen LogP contribution in [0.3, 0.4) is 0 Å². The Kier molecular flexibility index (Phi) is 7.78. The van der Waals surface area contributed by atoms with Gasteiger partial charge in [0.1, 0.15) is 0 Å². The fourth-order valence-corrected chi connectivity index (χ4v) is 1.74. The van der Waals surface area contributed by atoms with Gasteiger partial charge in [-0.25, -0.2) is 4.79 Å². The van der Waals surface area contributed by atoms with Crippen LogP contribution in [-0.2, 0) is 11.3 Å². The highest BCUT2D eigenvalue weighted by molar-refractivity contribution is 6.52. The molecule has 0 spiro atoms. The number of halogens is 2. The maximum absolute atomic E-state index is 9.44. The third-order valence-corrected chi connectivity index (χ3v) is 3.49. The van der Waals surface area contributed by atoms with Crippen LogP contribution in [-0.4, -0.2) is 15.9 Å². The number of rotatable bonds is 4. The number of aliphatic carboxylic acids is 1. The molecule has 3 nitrogen and oxygen atoms in total. The summed E-state index contributed by atoms with van der Waals surface area (Å²) in [5.74, 6) is -1.21. The summed E-state index contributed by atoms with van der Waals surface area (Å²) in [7, 11) is 0. The van der Waals surface area contributed by atoms with Gasteiger partial charge in [-0.2, -0.15) is 0 Å². The molecule has 0 amide bonds. The van der Waals surface area contributed by atoms with Gasteiger partial charge in [0.05, 0.1) is 0 Å². The zero-order valence-electron chi connectivity index (χ0n) is 12.5. The number of hydrogen-bond acceptors (Lipinski definition) is 2. The topological polar surface area (TPSA) is 49.3 Å². The summed E-state index contributed by atoms with van der Waals surface area (Å²) in [6, 6.07) is 16.8. The number of carbonyl (C=O) groups is 1. The summed E-state index contributed by atoms with van der Waals surface area (Å²) >= 11 is 9.56. The molecule has 2 rings (SSSR count). The highest BCUT2D eigenvalue weighted by Crippen LogP contribution is 2.18. The van der Waals surface area contributed by atoms with Gasteiger partial charge in [0.2, 0.25) is 4.84 Å². The summed E-state index contributed by atoms with van der Waals surface area (Å²) in [6.07, 6.45) is 0. The zero-order valence-corrected chi connectivity index (χ0v) is 14.0. The molecule has 22 heavy (non-hydrogen) atoms. The maximum Gasteiger partial charge on any atom is 0.337 e. The van der Waals surface area contributed by atoms with Gasteiger partial charge in [-0.05, 0) is 36.6 Å². The normalized spacial score (nSPS) is 9.86. The minimum absolute atomic E-state index is 0.880. The van der Waals surface area contributed by atoms with E-state index in [2.05, 4.69) is 61.6 Å². The highest BCUT2D eigenvalue weighted by atomic mass is 35.5. The van der Waals surface area contributed by atoms with Gasteiger partial charge in [-0.1, -0.05) is 65.7 Å². The first kappa shape index (κ1) is 18.3. The van der Waals surface area contributed by atoms with Crippen LogP contribution in [0.2, 0.25) is 0 Å². The van der Waals surface area contributed by atoms with Gasteiger partial charge in [0.15, 0.2) is 0 Å². The fraction of sp³-hybridized carbons (Fsp3) is 0.235. The van der Waals surface area contributed by atoms with Crippen molar-refractivity contribution < 1.29 is 9.90 Å².